The summed E-state index contributed by atoms with van der Waals surface area (Å²) >= 11 is 3.16. The monoisotopic (exact) mass is 521 g/mol. The highest BCUT2D eigenvalue weighted by Crippen LogP contribution is 2.26. The normalized spacial score (nSPS) is 11.1. The summed E-state index contributed by atoms with van der Waals surface area (Å²) in [5.41, 5.74) is 7.00. The minimum absolute atomic E-state index is 0.0569. The Kier molecular flexibility index (Phi) is 7.70. The van der Waals surface area contributed by atoms with Gasteiger partial charge in [0.05, 0.1) is 12.2 Å². The van der Waals surface area contributed by atoms with Crippen LogP contribution in [0.4, 0.5) is 20.6 Å². The number of benzene rings is 3. The third kappa shape index (κ3) is 6.44. The molecule has 3 N–H and O–H groups in total. The molecule has 7 nitrogen and oxygen atoms in total. The molecule has 1 amide bonds. The fraction of sp³-hybridized carbons (Fsp3) is 0.136. The molecular formula is C22H21BrFN3O4S. The number of sulfonamides is 1. The highest BCUT2D eigenvalue weighted by molar-refractivity contribution is 9.10. The summed E-state index contributed by atoms with van der Waals surface area (Å²) in [5, 5.41) is 0. The van der Waals surface area contributed by atoms with Crippen LogP contribution in [0.15, 0.2) is 82.2 Å². The van der Waals surface area contributed by atoms with Crippen molar-refractivity contribution < 1.29 is 22.3 Å². The lowest BCUT2D eigenvalue weighted by Crippen LogP contribution is -2.29. The number of rotatable bonds is 9. The molecule has 0 bridgehead atoms. The lowest BCUT2D eigenvalue weighted by atomic mass is 10.2. The van der Waals surface area contributed by atoms with Gasteiger partial charge in [0.1, 0.15) is 17.3 Å². The summed E-state index contributed by atoms with van der Waals surface area (Å²) in [7, 11) is -4.16. The van der Waals surface area contributed by atoms with Gasteiger partial charge in [0, 0.05) is 16.7 Å². The molecule has 3 rings (SSSR count). The zero-order valence-corrected chi connectivity index (χ0v) is 19.3. The first-order valence-electron chi connectivity index (χ1n) is 9.53. The molecular weight excluding hydrogens is 501 g/mol. The van der Waals surface area contributed by atoms with Crippen LogP contribution in [0.1, 0.15) is 5.56 Å². The molecule has 0 atom stereocenters. The van der Waals surface area contributed by atoms with E-state index in [-0.39, 0.29) is 12.3 Å². The van der Waals surface area contributed by atoms with Crippen LogP contribution in [0.3, 0.4) is 0 Å². The molecule has 168 valence electrons. The number of carbonyl (C=O) groups excluding carboxylic acids is 1. The Balaban J connectivity index is 1.86. The van der Waals surface area contributed by atoms with E-state index in [0.717, 1.165) is 11.6 Å². The number of hydrogen-bond acceptors (Lipinski definition) is 5. The molecule has 10 heteroatoms. The second-order valence-corrected chi connectivity index (χ2v) is 9.37. The molecule has 0 saturated heterocycles. The molecule has 0 radical (unpaired) electrons. The second-order valence-electron chi connectivity index (χ2n) is 6.81. The van der Waals surface area contributed by atoms with Crippen molar-refractivity contribution in [3.05, 3.63) is 88.6 Å². The van der Waals surface area contributed by atoms with Crippen LogP contribution in [-0.4, -0.2) is 27.7 Å². The van der Waals surface area contributed by atoms with Crippen LogP contribution >= 0.6 is 15.9 Å². The summed E-state index contributed by atoms with van der Waals surface area (Å²) in [5.74, 6) is -0.855. The summed E-state index contributed by atoms with van der Waals surface area (Å²) in [6, 6.07) is 20.0. The van der Waals surface area contributed by atoms with E-state index >= 15 is 0 Å². The Morgan fingerprint density at radius 1 is 1.06 bits per heavy atom. The van der Waals surface area contributed by atoms with Gasteiger partial charge in [0.15, 0.2) is 0 Å². The molecule has 0 aromatic heterocycles. The maximum absolute atomic E-state index is 14.1. The van der Waals surface area contributed by atoms with E-state index in [1.807, 2.05) is 35.2 Å². The first-order chi connectivity index (χ1) is 15.2. The number of carbonyl (C=O) groups is 1. The highest BCUT2D eigenvalue weighted by Gasteiger charge is 2.20. The third-order valence-electron chi connectivity index (χ3n) is 4.47. The van der Waals surface area contributed by atoms with Gasteiger partial charge in [-0.2, -0.15) is 0 Å². The Morgan fingerprint density at radius 2 is 1.81 bits per heavy atom. The van der Waals surface area contributed by atoms with Crippen molar-refractivity contribution >= 4 is 43.4 Å². The molecule has 0 aliphatic rings. The van der Waals surface area contributed by atoms with Gasteiger partial charge in [-0.15, -0.1) is 0 Å². The van der Waals surface area contributed by atoms with Crippen LogP contribution in [0.25, 0.3) is 0 Å². The van der Waals surface area contributed by atoms with Crippen LogP contribution in [0.2, 0.25) is 0 Å². The van der Waals surface area contributed by atoms with E-state index < -0.39 is 26.8 Å². The Hall–Kier alpha value is -3.11. The second kappa shape index (κ2) is 10.5. The van der Waals surface area contributed by atoms with Crippen molar-refractivity contribution in [2.75, 3.05) is 22.8 Å². The number of amides is 1. The Labute approximate surface area is 194 Å². The molecule has 0 heterocycles. The van der Waals surface area contributed by atoms with Gasteiger partial charge in [-0.1, -0.05) is 52.3 Å². The van der Waals surface area contributed by atoms with Crippen molar-refractivity contribution in [3.63, 3.8) is 0 Å². The standard InChI is InChI=1S/C22H21BrFN3O4S/c23-17-9-10-20(24)21(13-17)32(29,30)26-18-7-4-8-19(14-18)27(11-12-31-22(25)28)15-16-5-2-1-3-6-16/h1-10,13-14,26H,11-12,15H2,(H2,25,28). The van der Waals surface area contributed by atoms with Crippen LogP contribution < -0.4 is 15.4 Å². The molecule has 32 heavy (non-hydrogen) atoms. The van der Waals surface area contributed by atoms with Crippen LogP contribution in [-0.2, 0) is 21.3 Å². The number of nitrogens with zero attached hydrogens (tertiary/aromatic N) is 1. The summed E-state index contributed by atoms with van der Waals surface area (Å²) < 4.78 is 47.3. The molecule has 0 spiro atoms. The zero-order valence-electron chi connectivity index (χ0n) is 16.9. The molecule has 0 fully saturated rings. The van der Waals surface area contributed by atoms with Gasteiger partial charge in [0.25, 0.3) is 10.0 Å². The van der Waals surface area contributed by atoms with Gasteiger partial charge in [-0.3, -0.25) is 4.72 Å². The summed E-state index contributed by atoms with van der Waals surface area (Å²) in [4.78, 5) is 12.4. The van der Waals surface area contributed by atoms with Crippen molar-refractivity contribution in [1.82, 2.24) is 0 Å². The van der Waals surface area contributed by atoms with Crippen molar-refractivity contribution in [1.29, 1.82) is 0 Å². The summed E-state index contributed by atoms with van der Waals surface area (Å²) in [6.07, 6.45) is -0.873. The van der Waals surface area contributed by atoms with Gasteiger partial charge in [0.2, 0.25) is 0 Å². The molecule has 0 aliphatic heterocycles. The summed E-state index contributed by atoms with van der Waals surface area (Å²) in [6.45, 7) is 0.870. The number of ether oxygens (including phenoxy) is 1. The van der Waals surface area contributed by atoms with E-state index in [0.29, 0.717) is 23.2 Å². The average molecular weight is 522 g/mol. The van der Waals surface area contributed by atoms with Crippen LogP contribution in [0.5, 0.6) is 0 Å². The van der Waals surface area contributed by atoms with E-state index in [9.17, 15) is 17.6 Å². The van der Waals surface area contributed by atoms with Gasteiger partial charge < -0.3 is 15.4 Å². The molecule has 0 saturated carbocycles. The predicted octanol–water partition coefficient (Wildman–Crippen LogP) is 4.49. The number of primary amides is 1. The molecule has 3 aromatic carbocycles. The molecule has 3 aromatic rings. The number of nitrogens with one attached hydrogen (secondary N) is 1. The Morgan fingerprint density at radius 3 is 2.53 bits per heavy atom. The van der Waals surface area contributed by atoms with Crippen molar-refractivity contribution in [3.8, 4) is 0 Å². The Bertz CT molecular complexity index is 1190. The maximum atomic E-state index is 14.1. The predicted molar refractivity (Wildman–Crippen MR) is 124 cm³/mol. The van der Waals surface area contributed by atoms with E-state index in [4.69, 9.17) is 10.5 Å². The number of nitrogens with two attached hydrogens (primary N) is 1. The smallest absolute Gasteiger partial charge is 0.404 e. The van der Waals surface area contributed by atoms with Gasteiger partial charge in [-0.05, 0) is 42.0 Å². The first kappa shape index (κ1) is 23.6. The largest absolute Gasteiger partial charge is 0.448 e. The number of anilines is 2. The molecule has 0 aliphatic carbocycles. The fourth-order valence-electron chi connectivity index (χ4n) is 3.02. The first-order valence-corrected chi connectivity index (χ1v) is 11.8. The lowest BCUT2D eigenvalue weighted by Gasteiger charge is -2.25. The molecule has 0 unspecified atom stereocenters. The fourth-order valence-corrected chi connectivity index (χ4v) is 4.69. The van der Waals surface area contributed by atoms with Crippen LogP contribution in [0, 0.1) is 5.82 Å². The average Bonchev–Trinajstić information content (AvgIpc) is 2.75. The van der Waals surface area contributed by atoms with Gasteiger partial charge >= 0.3 is 6.09 Å². The third-order valence-corrected chi connectivity index (χ3v) is 6.36. The SMILES string of the molecule is NC(=O)OCCN(Cc1ccccc1)c1cccc(NS(=O)(=O)c2cc(Br)ccc2F)c1. The minimum Gasteiger partial charge on any atom is -0.448 e. The maximum Gasteiger partial charge on any atom is 0.404 e. The highest BCUT2D eigenvalue weighted by atomic mass is 79.9. The topological polar surface area (TPSA) is 102 Å². The number of halogens is 2. The minimum atomic E-state index is -4.16. The van der Waals surface area contributed by atoms with Crippen molar-refractivity contribution in [2.45, 2.75) is 11.4 Å². The quantitative estimate of drug-likeness (QED) is 0.431. The van der Waals surface area contributed by atoms with E-state index in [1.165, 1.54) is 12.1 Å². The van der Waals surface area contributed by atoms with Gasteiger partial charge in [-0.25, -0.2) is 17.6 Å². The van der Waals surface area contributed by atoms with E-state index in [2.05, 4.69) is 20.7 Å². The lowest BCUT2D eigenvalue weighted by molar-refractivity contribution is 0.159. The van der Waals surface area contributed by atoms with E-state index in [1.54, 1.807) is 24.3 Å². The zero-order chi connectivity index (χ0) is 23.1. The number of hydrogen-bond donors (Lipinski definition) is 2. The van der Waals surface area contributed by atoms with Crippen molar-refractivity contribution in [2.24, 2.45) is 5.73 Å².